The van der Waals surface area contributed by atoms with Gasteiger partial charge in [0, 0.05) is 33.8 Å². The first kappa shape index (κ1) is 18.6. The first-order valence-corrected chi connectivity index (χ1v) is 9.97. The summed E-state index contributed by atoms with van der Waals surface area (Å²) < 4.78 is 6.13. The van der Waals surface area contributed by atoms with Crippen LogP contribution in [-0.4, -0.2) is 5.54 Å². The fourth-order valence-corrected chi connectivity index (χ4v) is 3.89. The van der Waals surface area contributed by atoms with Crippen LogP contribution < -0.4 is 4.90 Å². The Hall–Kier alpha value is -2.74. The number of hydrogen-bond acceptors (Lipinski definition) is 2. The molecule has 0 atom stereocenters. The molecule has 0 aliphatic heterocycles. The lowest BCUT2D eigenvalue weighted by atomic mass is 9.87. The van der Waals surface area contributed by atoms with Gasteiger partial charge in [-0.3, -0.25) is 0 Å². The molecule has 0 fully saturated rings. The van der Waals surface area contributed by atoms with E-state index < -0.39 is 0 Å². The highest BCUT2D eigenvalue weighted by atomic mass is 16.3. The molecule has 4 aromatic rings. The topological polar surface area (TPSA) is 16.4 Å². The number of hydrogen-bond donors (Lipinski definition) is 0. The van der Waals surface area contributed by atoms with Gasteiger partial charge in [0.2, 0.25) is 0 Å². The maximum absolute atomic E-state index is 6.13. The zero-order valence-corrected chi connectivity index (χ0v) is 17.7. The molecule has 2 heteroatoms. The van der Waals surface area contributed by atoms with Crippen LogP contribution in [0.25, 0.3) is 21.9 Å². The third-order valence-corrected chi connectivity index (χ3v) is 5.28. The minimum atomic E-state index is -0.0665. The second-order valence-electron chi connectivity index (χ2n) is 9.58. The van der Waals surface area contributed by atoms with Crippen LogP contribution in [0.3, 0.4) is 0 Å². The van der Waals surface area contributed by atoms with Gasteiger partial charge < -0.3 is 9.32 Å². The number of nitrogens with zero attached hydrogens (tertiary/aromatic N) is 1. The Balaban J connectivity index is 1.83. The minimum absolute atomic E-state index is 0.0665. The number of para-hydroxylation sites is 1. The monoisotopic (exact) mass is 371 g/mol. The van der Waals surface area contributed by atoms with Crippen LogP contribution in [0.15, 0.2) is 71.1 Å². The van der Waals surface area contributed by atoms with E-state index in [4.69, 9.17) is 4.42 Å². The van der Waals surface area contributed by atoms with Crippen LogP contribution in [0.4, 0.5) is 11.4 Å². The van der Waals surface area contributed by atoms with Crippen LogP contribution in [0.2, 0.25) is 0 Å². The van der Waals surface area contributed by atoms with Gasteiger partial charge in [0.15, 0.2) is 0 Å². The normalized spacial score (nSPS) is 12.6. The highest BCUT2D eigenvalue weighted by molar-refractivity contribution is 6.05. The molecule has 0 aliphatic rings. The average Bonchev–Trinajstić information content (AvgIpc) is 2.98. The first-order valence-electron chi connectivity index (χ1n) is 9.97. The number of anilines is 2. The van der Waals surface area contributed by atoms with Crippen molar-refractivity contribution in [3.8, 4) is 0 Å². The van der Waals surface area contributed by atoms with E-state index >= 15 is 0 Å². The summed E-state index contributed by atoms with van der Waals surface area (Å²) in [6.45, 7) is 13.5. The molecule has 28 heavy (non-hydrogen) atoms. The minimum Gasteiger partial charge on any atom is -0.456 e. The van der Waals surface area contributed by atoms with E-state index in [1.807, 2.05) is 12.1 Å². The summed E-state index contributed by atoms with van der Waals surface area (Å²) in [5.41, 5.74) is 5.63. The Bertz CT molecular complexity index is 1120. The molecule has 1 aromatic heterocycles. The predicted octanol–water partition coefficient (Wildman–Crippen LogP) is 7.82. The van der Waals surface area contributed by atoms with Gasteiger partial charge in [-0.25, -0.2) is 0 Å². The molecule has 1 heterocycles. The van der Waals surface area contributed by atoms with Gasteiger partial charge in [0.25, 0.3) is 0 Å². The van der Waals surface area contributed by atoms with Crippen molar-refractivity contribution in [2.24, 2.45) is 0 Å². The lowest BCUT2D eigenvalue weighted by molar-refractivity contribution is 0.559. The fourth-order valence-electron chi connectivity index (χ4n) is 3.89. The molecule has 0 radical (unpaired) electrons. The molecule has 0 bridgehead atoms. The average molecular weight is 372 g/mol. The molecular weight excluding hydrogens is 342 g/mol. The van der Waals surface area contributed by atoms with Crippen LogP contribution in [-0.2, 0) is 5.41 Å². The van der Waals surface area contributed by atoms with Crippen LogP contribution in [0.1, 0.15) is 47.1 Å². The third kappa shape index (κ3) is 3.28. The van der Waals surface area contributed by atoms with E-state index in [2.05, 4.69) is 101 Å². The lowest BCUT2D eigenvalue weighted by Gasteiger charge is -2.38. The third-order valence-electron chi connectivity index (χ3n) is 5.28. The zero-order chi connectivity index (χ0) is 20.1. The second-order valence-corrected chi connectivity index (χ2v) is 9.58. The van der Waals surface area contributed by atoms with Gasteiger partial charge >= 0.3 is 0 Å². The molecule has 4 rings (SSSR count). The Morgan fingerprint density at radius 1 is 0.643 bits per heavy atom. The molecule has 0 saturated heterocycles. The van der Waals surface area contributed by atoms with Gasteiger partial charge in [0.05, 0.1) is 0 Å². The molecule has 0 saturated carbocycles. The van der Waals surface area contributed by atoms with Crippen LogP contribution >= 0.6 is 0 Å². The van der Waals surface area contributed by atoms with Gasteiger partial charge in [-0.05, 0) is 62.1 Å². The quantitative estimate of drug-likeness (QED) is 0.357. The standard InChI is InChI=1S/C26H29NO/c1-25(2,3)18-11-13-19(14-12-18)27(26(4,5)6)20-15-16-22-21-9-7-8-10-23(21)28-24(22)17-20/h7-17H,1-6H3. The van der Waals surface area contributed by atoms with Crippen molar-refractivity contribution in [3.63, 3.8) is 0 Å². The van der Waals surface area contributed by atoms with E-state index in [0.29, 0.717) is 0 Å². The predicted molar refractivity (Wildman–Crippen MR) is 121 cm³/mol. The maximum atomic E-state index is 6.13. The Labute approximate surface area is 167 Å². The Morgan fingerprint density at radius 3 is 1.89 bits per heavy atom. The smallest absolute Gasteiger partial charge is 0.137 e. The SMILES string of the molecule is CC(C)(C)c1ccc(N(c2ccc3c(c2)oc2ccccc23)C(C)(C)C)cc1. The Morgan fingerprint density at radius 2 is 1.25 bits per heavy atom. The van der Waals surface area contributed by atoms with E-state index in [1.54, 1.807) is 0 Å². The fraction of sp³-hybridized carbons (Fsp3) is 0.308. The molecular formula is C26H29NO. The lowest BCUT2D eigenvalue weighted by Crippen LogP contribution is -2.37. The summed E-state index contributed by atoms with van der Waals surface area (Å²) in [6.07, 6.45) is 0. The molecule has 3 aromatic carbocycles. The van der Waals surface area contributed by atoms with Crippen molar-refractivity contribution < 1.29 is 4.42 Å². The van der Waals surface area contributed by atoms with Gasteiger partial charge in [-0.1, -0.05) is 51.1 Å². The molecule has 0 amide bonds. The summed E-state index contributed by atoms with van der Waals surface area (Å²) in [5, 5.41) is 2.33. The van der Waals surface area contributed by atoms with E-state index in [9.17, 15) is 0 Å². The van der Waals surface area contributed by atoms with Crippen molar-refractivity contribution in [3.05, 3.63) is 72.3 Å². The van der Waals surface area contributed by atoms with E-state index in [0.717, 1.165) is 22.2 Å². The van der Waals surface area contributed by atoms with Crippen LogP contribution in [0.5, 0.6) is 0 Å². The largest absolute Gasteiger partial charge is 0.456 e. The number of benzene rings is 3. The zero-order valence-electron chi connectivity index (χ0n) is 17.7. The molecule has 0 unspecified atom stereocenters. The van der Waals surface area contributed by atoms with Gasteiger partial charge in [0.1, 0.15) is 11.2 Å². The molecule has 0 aliphatic carbocycles. The molecule has 144 valence electrons. The summed E-state index contributed by atoms with van der Waals surface area (Å²) >= 11 is 0. The second kappa shape index (κ2) is 6.41. The van der Waals surface area contributed by atoms with Crippen LogP contribution in [0, 0.1) is 0 Å². The van der Waals surface area contributed by atoms with E-state index in [1.165, 1.54) is 16.6 Å². The summed E-state index contributed by atoms with van der Waals surface area (Å²) in [7, 11) is 0. The first-order chi connectivity index (χ1) is 13.1. The van der Waals surface area contributed by atoms with Crippen molar-refractivity contribution >= 4 is 33.3 Å². The van der Waals surface area contributed by atoms with Crippen molar-refractivity contribution in [2.75, 3.05) is 4.90 Å². The van der Waals surface area contributed by atoms with Gasteiger partial charge in [-0.2, -0.15) is 0 Å². The molecule has 0 N–H and O–H groups in total. The van der Waals surface area contributed by atoms with Crippen molar-refractivity contribution in [2.45, 2.75) is 52.5 Å². The maximum Gasteiger partial charge on any atom is 0.137 e. The highest BCUT2D eigenvalue weighted by Gasteiger charge is 2.25. The van der Waals surface area contributed by atoms with E-state index in [-0.39, 0.29) is 11.0 Å². The number of furan rings is 1. The molecule has 2 nitrogen and oxygen atoms in total. The summed E-state index contributed by atoms with van der Waals surface area (Å²) in [5.74, 6) is 0. The number of fused-ring (bicyclic) bond motifs is 3. The Kier molecular flexibility index (Phi) is 4.26. The van der Waals surface area contributed by atoms with Crippen molar-refractivity contribution in [1.29, 1.82) is 0 Å². The summed E-state index contributed by atoms with van der Waals surface area (Å²) in [6, 6.07) is 23.7. The summed E-state index contributed by atoms with van der Waals surface area (Å²) in [4.78, 5) is 2.38. The molecule has 0 spiro atoms. The number of rotatable bonds is 2. The van der Waals surface area contributed by atoms with Gasteiger partial charge in [-0.15, -0.1) is 0 Å². The van der Waals surface area contributed by atoms with Crippen molar-refractivity contribution in [1.82, 2.24) is 0 Å². The highest BCUT2D eigenvalue weighted by Crippen LogP contribution is 2.38.